The van der Waals surface area contributed by atoms with E-state index >= 15 is 0 Å². The van der Waals surface area contributed by atoms with E-state index in [1.165, 1.54) is 129 Å². The molecular formula is C67H87BrClN14Pt2+. The molecule has 0 aliphatic carbocycles. The fourth-order valence-electron chi connectivity index (χ4n) is 8.93. The molecule has 0 unspecified atom stereocenters. The van der Waals surface area contributed by atoms with Gasteiger partial charge in [0.25, 0.3) is 0 Å². The van der Waals surface area contributed by atoms with Gasteiger partial charge in [0.1, 0.15) is 12.4 Å². The van der Waals surface area contributed by atoms with Gasteiger partial charge in [-0.05, 0) is 135 Å². The van der Waals surface area contributed by atoms with E-state index in [1.54, 1.807) is 43.6 Å². The molecule has 0 amide bonds. The maximum Gasteiger partial charge on any atom is 2.00 e. The Morgan fingerprint density at radius 1 is 0.447 bits per heavy atom. The van der Waals surface area contributed by atoms with Crippen LogP contribution in [0.5, 0.6) is 0 Å². The summed E-state index contributed by atoms with van der Waals surface area (Å²) in [5, 5.41) is 9.13. The van der Waals surface area contributed by atoms with Crippen LogP contribution in [0.15, 0.2) is 197 Å². The van der Waals surface area contributed by atoms with Crippen LogP contribution in [0.3, 0.4) is 0 Å². The number of fused-ring (bicyclic) bond motifs is 2. The Kier molecular flexibility index (Phi) is 38.3. The van der Waals surface area contributed by atoms with Gasteiger partial charge in [-0.25, -0.2) is 9.13 Å². The molecule has 14 nitrogen and oxygen atoms in total. The molecule has 2 aromatic carbocycles. The van der Waals surface area contributed by atoms with Crippen LogP contribution in [0.1, 0.15) is 160 Å². The number of aromatic nitrogens is 6. The van der Waals surface area contributed by atoms with E-state index in [-0.39, 0.29) is 45.5 Å². The Hall–Kier alpha value is -5.98. The Bertz CT molecular complexity index is 2670. The van der Waals surface area contributed by atoms with Crippen LogP contribution < -0.4 is 4.57 Å². The third-order valence-electron chi connectivity index (χ3n) is 13.3. The Morgan fingerprint density at radius 3 is 1.08 bits per heavy atom. The maximum atomic E-state index is 4.61. The van der Waals surface area contributed by atoms with Gasteiger partial charge in [-0.15, -0.1) is 17.0 Å². The summed E-state index contributed by atoms with van der Waals surface area (Å²) in [7, 11) is 4.61. The van der Waals surface area contributed by atoms with Crippen molar-refractivity contribution < 1.29 is 44.4 Å². The summed E-state index contributed by atoms with van der Waals surface area (Å²) in [4.78, 5) is 39.7. The largest absolute Gasteiger partial charge is 2.00 e. The molecule has 10 rings (SSSR count). The van der Waals surface area contributed by atoms with E-state index in [1.807, 2.05) is 121 Å². The molecule has 7 aromatic rings. The molecule has 18 heteroatoms. The molecule has 5 aromatic heterocycles. The predicted molar refractivity (Wildman–Crippen MR) is 352 cm³/mol. The molecule has 0 radical (unpaired) electrons. The number of benzene rings is 2. The minimum absolute atomic E-state index is 0. The van der Waals surface area contributed by atoms with Crippen molar-refractivity contribution in [1.82, 2.24) is 34.3 Å². The molecule has 3 aliphatic rings. The fourth-order valence-corrected chi connectivity index (χ4v) is 8.93. The number of unbranched alkanes of at least 4 members (excludes halogenated alkanes) is 12. The van der Waals surface area contributed by atoms with Gasteiger partial charge in [0.15, 0.2) is 0 Å². The summed E-state index contributed by atoms with van der Waals surface area (Å²) in [6, 6.07) is 38.2. The maximum absolute atomic E-state index is 4.61. The summed E-state index contributed by atoms with van der Waals surface area (Å²) in [6.07, 6.45) is 39.5. The third kappa shape index (κ3) is 26.7. The first-order valence-corrected chi connectivity index (χ1v) is 32.2. The topological polar surface area (TPSA) is 144 Å². The monoisotopic (exact) mass is 1590 g/mol. The van der Waals surface area contributed by atoms with Gasteiger partial charge in [0.2, 0.25) is 6.33 Å². The molecule has 0 bridgehead atoms. The van der Waals surface area contributed by atoms with Crippen molar-refractivity contribution in [3.63, 3.8) is 0 Å². The molecule has 3 aliphatic heterocycles. The van der Waals surface area contributed by atoms with Gasteiger partial charge in [0, 0.05) is 48.1 Å². The summed E-state index contributed by atoms with van der Waals surface area (Å²) in [5.74, 6) is 4.98. The van der Waals surface area contributed by atoms with Gasteiger partial charge in [-0.2, -0.15) is 6.67 Å². The van der Waals surface area contributed by atoms with Crippen LogP contribution in [0, 0.1) is 6.67 Å². The molecule has 85 heavy (non-hydrogen) atoms. The average molecular weight is 1590 g/mol. The molecule has 0 spiro atoms. The van der Waals surface area contributed by atoms with Gasteiger partial charge < -0.3 is 40.4 Å². The number of imidazole rings is 1. The average Bonchev–Trinajstić information content (AvgIpc) is 3.47. The van der Waals surface area contributed by atoms with Crippen molar-refractivity contribution in [1.29, 1.82) is 0 Å². The van der Waals surface area contributed by atoms with Crippen molar-refractivity contribution >= 4 is 73.0 Å². The first kappa shape index (κ1) is 73.3. The quantitative estimate of drug-likeness (QED) is 0.0335. The zero-order chi connectivity index (χ0) is 57.7. The number of hydrogen-bond donors (Lipinski definition) is 0. The number of pyridine rings is 4. The predicted octanol–water partition coefficient (Wildman–Crippen LogP) is 18.2. The smallest absolute Gasteiger partial charge is 0.357 e. The number of aryl methyl sites for hydroxylation is 2. The van der Waals surface area contributed by atoms with Gasteiger partial charge in [-0.1, -0.05) is 172 Å². The Balaban J connectivity index is 0.000000294. The van der Waals surface area contributed by atoms with E-state index in [0.29, 0.717) is 46.6 Å². The first-order valence-electron chi connectivity index (χ1n) is 29.4. The molecule has 0 saturated heterocycles. The van der Waals surface area contributed by atoms with E-state index in [4.69, 9.17) is 0 Å². The fraction of sp³-hybridized carbons (Fsp3) is 0.373. The van der Waals surface area contributed by atoms with Crippen molar-refractivity contribution in [3.05, 3.63) is 217 Å². The van der Waals surface area contributed by atoms with Gasteiger partial charge in [-0.3, -0.25) is 19.9 Å². The number of hydrogen-bond acceptors (Lipinski definition) is 10. The van der Waals surface area contributed by atoms with E-state index < -0.39 is 0 Å². The number of halogens is 2. The van der Waals surface area contributed by atoms with E-state index in [0.717, 1.165) is 22.3 Å². The van der Waals surface area contributed by atoms with Gasteiger partial charge >= 0.3 is 49.3 Å². The minimum Gasteiger partial charge on any atom is -0.357 e. The molecular weight excluding hydrogens is 1510 g/mol. The zero-order valence-electron chi connectivity index (χ0n) is 49.1. The Morgan fingerprint density at radius 2 is 0.765 bits per heavy atom. The van der Waals surface area contributed by atoms with Crippen molar-refractivity contribution in [2.75, 3.05) is 13.1 Å². The van der Waals surface area contributed by atoms with E-state index in [2.05, 4.69) is 144 Å². The van der Waals surface area contributed by atoms with Crippen LogP contribution >= 0.6 is 26.4 Å². The SMILES string of the molecule is Br.C.CCCCCCN1C=CN(CCCCCC)[CH-]1.CCCCCCn1cc[n+](CCCCCC)c1.[Cl][Pt+].[Pt+2].c1ccc(N=C2[N-]C(=Nc3ccccn3)c3ccccc32)nc1.c1ccc(N=C2[N-]C(=Nc3ccccn3)c3ccccc32)nc1. The molecule has 458 valence electrons. The number of amidine groups is 4. The third-order valence-corrected chi connectivity index (χ3v) is 13.3. The van der Waals surface area contributed by atoms with E-state index in [9.17, 15) is 0 Å². The number of rotatable bonds is 24. The minimum atomic E-state index is 0. The van der Waals surface area contributed by atoms with Gasteiger partial charge in [0.05, 0.1) is 36.4 Å². The molecule has 8 heterocycles. The normalized spacial score (nSPS) is 14.1. The molecule has 0 fully saturated rings. The summed E-state index contributed by atoms with van der Waals surface area (Å²) in [6.45, 7) is 16.0. The molecule has 0 atom stereocenters. The summed E-state index contributed by atoms with van der Waals surface area (Å²) in [5.41, 5.74) is 3.81. The van der Waals surface area contributed by atoms with Crippen LogP contribution in [0.2, 0.25) is 0 Å². The van der Waals surface area contributed by atoms with Crippen LogP contribution in [-0.4, -0.2) is 70.7 Å². The first-order chi connectivity index (χ1) is 40.5. The summed E-state index contributed by atoms with van der Waals surface area (Å²) >= 11 is 1.61. The molecule has 0 saturated carbocycles. The van der Waals surface area contributed by atoms with Crippen LogP contribution in [0.25, 0.3) is 10.6 Å². The summed E-state index contributed by atoms with van der Waals surface area (Å²) < 4.78 is 4.66. The Labute approximate surface area is 548 Å². The zero-order valence-corrected chi connectivity index (χ0v) is 56.2. The van der Waals surface area contributed by atoms with Crippen molar-refractivity contribution in [3.8, 4) is 0 Å². The number of aliphatic imine (C=N–C) groups is 4. The van der Waals surface area contributed by atoms with Crippen LogP contribution in [-0.2, 0) is 52.9 Å². The number of nitrogens with zero attached hydrogens (tertiary/aromatic N) is 14. The van der Waals surface area contributed by atoms with Crippen molar-refractivity contribution in [2.45, 2.75) is 151 Å². The second kappa shape index (κ2) is 44.5. The second-order valence-corrected chi connectivity index (χ2v) is 19.8. The van der Waals surface area contributed by atoms with Crippen LogP contribution in [0.4, 0.5) is 23.3 Å². The second-order valence-electron chi connectivity index (χ2n) is 19.8. The standard InChI is InChI=1S/2C18H12N5.2C15H29N2.CH4.BrH.ClH.2Pt/c2*1-2-8-14-13(7-1)17(21-15-9-3-5-11-19-15)23-18(14)22-16-10-4-6-12-20-16;2*1-3-5-7-9-11-16-13-14-17(15-16)12-10-8-6-4-2;;;;;/h2*1-12H;2*13-15H,3-12H2,1-2H3;1H4;2*1H;;/q3*-1;+1;;;;2*+2/p-1. The molecule has 0 N–H and O–H groups in total. The van der Waals surface area contributed by atoms with Crippen molar-refractivity contribution in [2.24, 2.45) is 20.0 Å².